The molecule has 0 saturated carbocycles. The van der Waals surface area contributed by atoms with Crippen molar-refractivity contribution in [3.63, 3.8) is 0 Å². The van der Waals surface area contributed by atoms with E-state index >= 15 is 0 Å². The van der Waals surface area contributed by atoms with Crippen molar-refractivity contribution in [2.24, 2.45) is 5.92 Å². The van der Waals surface area contributed by atoms with E-state index in [4.69, 9.17) is 4.74 Å². The zero-order valence-electron chi connectivity index (χ0n) is 11.6. The van der Waals surface area contributed by atoms with Gasteiger partial charge in [-0.05, 0) is 21.0 Å². The summed E-state index contributed by atoms with van der Waals surface area (Å²) >= 11 is 0. The minimum atomic E-state index is -0.197. The Hall–Kier alpha value is 1.21. The molecule has 17 heavy (non-hydrogen) atoms. The standard InChI is InChI=1S/C10H20NO2.CH3.H2S.V.W/c1-7(2)10(13-6)9(8(3)12)11(4)5;;;;/h7,9-10H,1H2,2-6H3;1H3;1H2;;/q2*-1;;;. The number of Topliss-reactive ketones (excluding diaryl/α,β-unsaturated/α-hetero) is 1. The van der Waals surface area contributed by atoms with Gasteiger partial charge in [0.2, 0.25) is 0 Å². The summed E-state index contributed by atoms with van der Waals surface area (Å²) in [5.41, 5.74) is 0. The number of hydrogen-bond donors (Lipinski definition) is 0. The van der Waals surface area contributed by atoms with E-state index in [2.05, 4.69) is 6.92 Å². The predicted octanol–water partition coefficient (Wildman–Crippen LogP) is 1.55. The van der Waals surface area contributed by atoms with Crippen LogP contribution in [0.1, 0.15) is 13.8 Å². The summed E-state index contributed by atoms with van der Waals surface area (Å²) < 4.78 is 5.27. The second-order valence-electron chi connectivity index (χ2n) is 3.70. The number of ketones is 1. The number of methoxy groups -OCH3 is 1. The first-order valence-corrected chi connectivity index (χ1v) is 4.44. The van der Waals surface area contributed by atoms with Crippen LogP contribution in [0, 0.1) is 20.3 Å². The second-order valence-corrected chi connectivity index (χ2v) is 3.70. The normalized spacial score (nSPS) is 14.1. The predicted molar refractivity (Wildman–Crippen MR) is 70.3 cm³/mol. The van der Waals surface area contributed by atoms with E-state index in [9.17, 15) is 4.79 Å². The summed E-state index contributed by atoms with van der Waals surface area (Å²) in [7, 11) is 5.37. The van der Waals surface area contributed by atoms with Crippen LogP contribution in [0.25, 0.3) is 0 Å². The van der Waals surface area contributed by atoms with Crippen LogP contribution in [-0.2, 0) is 49.2 Å². The van der Waals surface area contributed by atoms with Gasteiger partial charge in [0.1, 0.15) is 5.78 Å². The van der Waals surface area contributed by atoms with Gasteiger partial charge in [-0.3, -0.25) is 9.69 Å². The maximum atomic E-state index is 11.3. The average molecular weight is 470 g/mol. The van der Waals surface area contributed by atoms with Gasteiger partial charge in [-0.1, -0.05) is 6.92 Å². The molecule has 0 saturated heterocycles. The molecule has 0 rings (SSSR count). The van der Waals surface area contributed by atoms with E-state index < -0.39 is 0 Å². The minimum Gasteiger partial charge on any atom is -0.382 e. The Morgan fingerprint density at radius 2 is 1.71 bits per heavy atom. The Labute approximate surface area is 140 Å². The molecule has 3 nitrogen and oxygen atoms in total. The third-order valence-electron chi connectivity index (χ3n) is 2.12. The van der Waals surface area contributed by atoms with Crippen molar-refractivity contribution in [1.29, 1.82) is 0 Å². The van der Waals surface area contributed by atoms with Gasteiger partial charge < -0.3 is 19.1 Å². The van der Waals surface area contributed by atoms with Gasteiger partial charge in [0, 0.05) is 46.7 Å². The molecule has 0 bridgehead atoms. The molecule has 0 aromatic carbocycles. The molecule has 105 valence electrons. The van der Waals surface area contributed by atoms with Crippen LogP contribution in [0.2, 0.25) is 0 Å². The fourth-order valence-electron chi connectivity index (χ4n) is 1.56. The van der Waals surface area contributed by atoms with Crippen LogP contribution in [0.4, 0.5) is 0 Å². The number of hydrogen-bond acceptors (Lipinski definition) is 3. The average Bonchev–Trinajstić information content (AvgIpc) is 1.97. The minimum absolute atomic E-state index is 0. The fraction of sp³-hybridized carbons (Fsp3) is 0.727. The quantitative estimate of drug-likeness (QED) is 0.572. The molecular weight excluding hydrogens is 445 g/mol. The molecule has 0 heterocycles. The first-order valence-electron chi connectivity index (χ1n) is 4.44. The first kappa shape index (κ1) is 30.9. The monoisotopic (exact) mass is 470 g/mol. The van der Waals surface area contributed by atoms with Gasteiger partial charge in [0.25, 0.3) is 0 Å². The molecule has 3 atom stereocenters. The van der Waals surface area contributed by atoms with Gasteiger partial charge in [0.05, 0.1) is 12.1 Å². The van der Waals surface area contributed by atoms with Crippen LogP contribution in [0.15, 0.2) is 0 Å². The zero-order valence-corrected chi connectivity index (χ0v) is 16.9. The number of rotatable bonds is 5. The number of ether oxygens (including phenoxy) is 1. The molecule has 3 unspecified atom stereocenters. The Morgan fingerprint density at radius 1 is 1.35 bits per heavy atom. The molecule has 6 heteroatoms. The summed E-state index contributed by atoms with van der Waals surface area (Å²) in [6.45, 7) is 7.43. The van der Waals surface area contributed by atoms with Crippen molar-refractivity contribution in [3.8, 4) is 0 Å². The molecule has 0 aromatic heterocycles. The van der Waals surface area contributed by atoms with Crippen molar-refractivity contribution in [3.05, 3.63) is 14.4 Å². The Balaban J connectivity index is -0.000000120. The summed E-state index contributed by atoms with van der Waals surface area (Å²) in [5, 5.41) is 0. The smallest absolute Gasteiger partial charge is 0.149 e. The summed E-state index contributed by atoms with van der Waals surface area (Å²) in [6.07, 6.45) is -0.132. The molecule has 0 aromatic rings. The molecule has 0 aliphatic carbocycles. The first-order chi connectivity index (χ1) is 5.91. The van der Waals surface area contributed by atoms with Crippen molar-refractivity contribution in [2.45, 2.75) is 26.0 Å². The number of likely N-dealkylation sites (N-methyl/N-ethyl adjacent to an activating group) is 1. The van der Waals surface area contributed by atoms with Crippen molar-refractivity contribution in [1.82, 2.24) is 4.90 Å². The van der Waals surface area contributed by atoms with Crippen LogP contribution in [0.3, 0.4) is 0 Å². The molecule has 1 radical (unpaired) electrons. The van der Waals surface area contributed by atoms with Crippen LogP contribution in [-0.4, -0.2) is 44.0 Å². The fourth-order valence-corrected chi connectivity index (χ4v) is 1.56. The van der Waals surface area contributed by atoms with E-state index in [0.29, 0.717) is 0 Å². The van der Waals surface area contributed by atoms with E-state index in [-0.39, 0.29) is 84.4 Å². The Morgan fingerprint density at radius 3 is 1.76 bits per heavy atom. The maximum absolute atomic E-state index is 11.3. The molecule has 0 amide bonds. The Bertz CT molecular complexity index is 183. The molecule has 0 N–H and O–H groups in total. The van der Waals surface area contributed by atoms with Crippen LogP contribution >= 0.6 is 13.5 Å². The number of carbonyl (C=O) groups excluding carboxylic acids is 1. The van der Waals surface area contributed by atoms with Gasteiger partial charge in [-0.25, -0.2) is 0 Å². The summed E-state index contributed by atoms with van der Waals surface area (Å²) in [4.78, 5) is 13.2. The molecule has 0 aliphatic rings. The molecular formula is C11H25NO2SVW-2. The van der Waals surface area contributed by atoms with Crippen LogP contribution < -0.4 is 0 Å². The molecule has 0 spiro atoms. The van der Waals surface area contributed by atoms with E-state index in [0.717, 1.165) is 0 Å². The summed E-state index contributed by atoms with van der Waals surface area (Å²) in [5.74, 6) is 0.216. The number of nitrogens with zero attached hydrogens (tertiary/aromatic N) is 1. The maximum Gasteiger partial charge on any atom is 0.149 e. The second kappa shape index (κ2) is 15.3. The van der Waals surface area contributed by atoms with Gasteiger partial charge in [-0.2, -0.15) is 13.5 Å². The van der Waals surface area contributed by atoms with Crippen molar-refractivity contribution >= 4 is 19.3 Å². The van der Waals surface area contributed by atoms with E-state index in [1.165, 1.54) is 0 Å². The zero-order chi connectivity index (χ0) is 10.6. The van der Waals surface area contributed by atoms with Gasteiger partial charge >= 0.3 is 0 Å². The summed E-state index contributed by atoms with van der Waals surface area (Å²) in [6, 6.07) is -0.197. The SMILES string of the molecule is S.[CH2-]C(C)C(OC)C(C(C)=O)N(C)C.[CH3-].[V].[W]. The van der Waals surface area contributed by atoms with Gasteiger partial charge in [0.15, 0.2) is 0 Å². The largest absolute Gasteiger partial charge is 0.382 e. The van der Waals surface area contributed by atoms with Gasteiger partial charge in [-0.15, -0.1) is 5.92 Å². The van der Waals surface area contributed by atoms with Crippen molar-refractivity contribution < 1.29 is 49.2 Å². The Kier molecular flexibility index (Phi) is 27.8. The molecule has 0 aliphatic heterocycles. The van der Waals surface area contributed by atoms with Crippen molar-refractivity contribution in [2.75, 3.05) is 21.2 Å². The third-order valence-corrected chi connectivity index (χ3v) is 2.12. The topological polar surface area (TPSA) is 29.5 Å². The molecule has 0 fully saturated rings. The van der Waals surface area contributed by atoms with Crippen LogP contribution in [0.5, 0.6) is 0 Å². The number of carbonyl (C=O) groups is 1. The van der Waals surface area contributed by atoms with E-state index in [1.807, 2.05) is 25.9 Å². The van der Waals surface area contributed by atoms with E-state index in [1.54, 1.807) is 14.0 Å². The third kappa shape index (κ3) is 10.8.